The number of benzene rings is 1. The minimum Gasteiger partial charge on any atom is -0.478 e. The molecule has 0 amide bonds. The molecule has 1 heterocycles. The van der Waals surface area contributed by atoms with E-state index in [1.807, 2.05) is 0 Å². The van der Waals surface area contributed by atoms with Gasteiger partial charge in [-0.05, 0) is 12.1 Å². The fraction of sp³-hybridized carbons (Fsp3) is 0.300. The van der Waals surface area contributed by atoms with E-state index in [9.17, 15) is 4.79 Å². The van der Waals surface area contributed by atoms with Gasteiger partial charge in [0, 0.05) is 11.3 Å². The molecule has 0 bridgehead atoms. The summed E-state index contributed by atoms with van der Waals surface area (Å²) in [5.74, 6) is -0.989. The van der Waals surface area contributed by atoms with Crippen molar-refractivity contribution in [1.82, 2.24) is 0 Å². The molecule has 1 saturated heterocycles. The van der Waals surface area contributed by atoms with Gasteiger partial charge < -0.3 is 20.3 Å². The molecular formula is C10H11NO4. The second-order valence-electron chi connectivity index (χ2n) is 3.29. The zero-order chi connectivity index (χ0) is 10.8. The predicted molar refractivity (Wildman–Crippen MR) is 52.5 cm³/mol. The zero-order valence-electron chi connectivity index (χ0n) is 7.97. The van der Waals surface area contributed by atoms with Crippen LogP contribution in [0.5, 0.6) is 0 Å². The highest BCUT2D eigenvalue weighted by Gasteiger charge is 2.21. The molecule has 1 fully saturated rings. The molecule has 5 nitrogen and oxygen atoms in total. The van der Waals surface area contributed by atoms with Crippen molar-refractivity contribution in [2.45, 2.75) is 6.10 Å². The second kappa shape index (κ2) is 3.88. The summed E-state index contributed by atoms with van der Waals surface area (Å²) in [5.41, 5.74) is 7.11. The molecule has 1 atom stereocenters. The molecule has 0 saturated carbocycles. The maximum atomic E-state index is 10.7. The summed E-state index contributed by atoms with van der Waals surface area (Å²) >= 11 is 0. The van der Waals surface area contributed by atoms with Crippen LogP contribution in [-0.4, -0.2) is 24.5 Å². The van der Waals surface area contributed by atoms with Crippen molar-refractivity contribution in [3.05, 3.63) is 29.3 Å². The standard InChI is InChI=1S/C10H11NO4/c11-8-3-6(10(12)13)1-2-7(8)9-4-14-5-15-9/h1-3,9H,4-5,11H2,(H,12,13). The number of hydrogen-bond donors (Lipinski definition) is 2. The van der Waals surface area contributed by atoms with Crippen LogP contribution < -0.4 is 5.73 Å². The fourth-order valence-electron chi connectivity index (χ4n) is 1.51. The Morgan fingerprint density at radius 2 is 2.33 bits per heavy atom. The summed E-state index contributed by atoms with van der Waals surface area (Å²) in [4.78, 5) is 10.7. The van der Waals surface area contributed by atoms with Crippen molar-refractivity contribution >= 4 is 11.7 Å². The molecule has 80 valence electrons. The van der Waals surface area contributed by atoms with Crippen molar-refractivity contribution in [2.75, 3.05) is 19.1 Å². The Labute approximate surface area is 86.4 Å². The maximum Gasteiger partial charge on any atom is 0.335 e. The lowest BCUT2D eigenvalue weighted by atomic mass is 10.0. The fourth-order valence-corrected chi connectivity index (χ4v) is 1.51. The average Bonchev–Trinajstić information content (AvgIpc) is 2.70. The quantitative estimate of drug-likeness (QED) is 0.710. The molecule has 0 spiro atoms. The summed E-state index contributed by atoms with van der Waals surface area (Å²) in [6.45, 7) is 0.710. The molecule has 5 heteroatoms. The van der Waals surface area contributed by atoms with Gasteiger partial charge in [-0.1, -0.05) is 6.07 Å². The van der Waals surface area contributed by atoms with Gasteiger partial charge in [0.1, 0.15) is 12.9 Å². The van der Waals surface area contributed by atoms with Crippen molar-refractivity contribution in [3.8, 4) is 0 Å². The van der Waals surface area contributed by atoms with Crippen LogP contribution in [0.4, 0.5) is 5.69 Å². The number of ether oxygens (including phenoxy) is 2. The SMILES string of the molecule is Nc1cc(C(=O)O)ccc1C1COCO1. The molecule has 1 aliphatic heterocycles. The Morgan fingerprint density at radius 1 is 1.53 bits per heavy atom. The molecule has 1 unspecified atom stereocenters. The van der Waals surface area contributed by atoms with Gasteiger partial charge in [-0.15, -0.1) is 0 Å². The normalized spacial score (nSPS) is 20.4. The van der Waals surface area contributed by atoms with Crippen molar-refractivity contribution in [2.24, 2.45) is 0 Å². The lowest BCUT2D eigenvalue weighted by Crippen LogP contribution is -2.06. The lowest BCUT2D eigenvalue weighted by Gasteiger charge is -2.11. The number of anilines is 1. The van der Waals surface area contributed by atoms with Gasteiger partial charge in [0.15, 0.2) is 0 Å². The zero-order valence-corrected chi connectivity index (χ0v) is 7.97. The Hall–Kier alpha value is -1.59. The summed E-state index contributed by atoms with van der Waals surface area (Å²) in [6.07, 6.45) is -0.187. The van der Waals surface area contributed by atoms with E-state index in [-0.39, 0.29) is 18.5 Å². The van der Waals surface area contributed by atoms with Crippen LogP contribution in [0.2, 0.25) is 0 Å². The van der Waals surface area contributed by atoms with Gasteiger partial charge in [-0.3, -0.25) is 0 Å². The third-order valence-corrected chi connectivity index (χ3v) is 2.30. The van der Waals surface area contributed by atoms with Crippen LogP contribution in [0.25, 0.3) is 0 Å². The number of nitrogen functional groups attached to an aromatic ring is 1. The number of carboxylic acids is 1. The van der Waals surface area contributed by atoms with Crippen LogP contribution in [0.15, 0.2) is 18.2 Å². The van der Waals surface area contributed by atoms with Crippen molar-refractivity contribution in [3.63, 3.8) is 0 Å². The van der Waals surface area contributed by atoms with Crippen LogP contribution in [-0.2, 0) is 9.47 Å². The maximum absolute atomic E-state index is 10.7. The lowest BCUT2D eigenvalue weighted by molar-refractivity contribution is 0.0467. The molecule has 1 aliphatic rings. The molecular weight excluding hydrogens is 198 g/mol. The van der Waals surface area contributed by atoms with Gasteiger partial charge in [0.2, 0.25) is 0 Å². The van der Waals surface area contributed by atoms with Crippen LogP contribution in [0.3, 0.4) is 0 Å². The topological polar surface area (TPSA) is 81.8 Å². The minimum absolute atomic E-state index is 0.176. The van der Waals surface area contributed by atoms with Gasteiger partial charge >= 0.3 is 5.97 Å². The highest BCUT2D eigenvalue weighted by Crippen LogP contribution is 2.27. The number of hydrogen-bond acceptors (Lipinski definition) is 4. The second-order valence-corrected chi connectivity index (χ2v) is 3.29. The molecule has 15 heavy (non-hydrogen) atoms. The predicted octanol–water partition coefficient (Wildman–Crippen LogP) is 1.01. The van der Waals surface area contributed by atoms with Gasteiger partial charge in [-0.2, -0.15) is 0 Å². The van der Waals surface area contributed by atoms with E-state index in [1.54, 1.807) is 6.07 Å². The van der Waals surface area contributed by atoms with Gasteiger partial charge in [-0.25, -0.2) is 4.79 Å². The highest BCUT2D eigenvalue weighted by molar-refractivity contribution is 5.89. The first kappa shape index (κ1) is 9.95. The van der Waals surface area contributed by atoms with E-state index in [0.717, 1.165) is 5.56 Å². The van der Waals surface area contributed by atoms with E-state index in [2.05, 4.69) is 0 Å². The van der Waals surface area contributed by atoms with Crippen LogP contribution >= 0.6 is 0 Å². The van der Waals surface area contributed by atoms with Gasteiger partial charge in [0.05, 0.1) is 12.2 Å². The first-order valence-electron chi connectivity index (χ1n) is 4.50. The summed E-state index contributed by atoms with van der Waals surface area (Å²) in [5, 5.41) is 8.75. The Bertz CT molecular complexity index is 385. The van der Waals surface area contributed by atoms with E-state index in [4.69, 9.17) is 20.3 Å². The van der Waals surface area contributed by atoms with Crippen LogP contribution in [0, 0.1) is 0 Å². The summed E-state index contributed by atoms with van der Waals surface area (Å²) < 4.78 is 10.3. The number of carboxylic acid groups (broad SMARTS) is 1. The Morgan fingerprint density at radius 3 is 2.87 bits per heavy atom. The number of carbonyl (C=O) groups is 1. The number of nitrogens with two attached hydrogens (primary N) is 1. The molecule has 0 aromatic heterocycles. The Balaban J connectivity index is 2.29. The van der Waals surface area contributed by atoms with E-state index < -0.39 is 5.97 Å². The van der Waals surface area contributed by atoms with Gasteiger partial charge in [0.25, 0.3) is 0 Å². The third kappa shape index (κ3) is 1.93. The summed E-state index contributed by atoms with van der Waals surface area (Å²) in [7, 11) is 0. The molecule has 0 aliphatic carbocycles. The molecule has 0 radical (unpaired) electrons. The highest BCUT2D eigenvalue weighted by atomic mass is 16.7. The molecule has 2 rings (SSSR count). The number of aromatic carboxylic acids is 1. The smallest absolute Gasteiger partial charge is 0.335 e. The summed E-state index contributed by atoms with van der Waals surface area (Å²) in [6, 6.07) is 4.60. The van der Waals surface area contributed by atoms with E-state index in [0.29, 0.717) is 12.3 Å². The first-order valence-corrected chi connectivity index (χ1v) is 4.50. The first-order chi connectivity index (χ1) is 7.18. The largest absolute Gasteiger partial charge is 0.478 e. The monoisotopic (exact) mass is 209 g/mol. The molecule has 1 aromatic carbocycles. The average molecular weight is 209 g/mol. The minimum atomic E-state index is -0.989. The van der Waals surface area contributed by atoms with E-state index >= 15 is 0 Å². The number of rotatable bonds is 2. The molecule has 3 N–H and O–H groups in total. The molecule has 1 aromatic rings. The van der Waals surface area contributed by atoms with Crippen LogP contribution in [0.1, 0.15) is 22.0 Å². The van der Waals surface area contributed by atoms with E-state index in [1.165, 1.54) is 12.1 Å². The van der Waals surface area contributed by atoms with Crippen molar-refractivity contribution < 1.29 is 19.4 Å². The third-order valence-electron chi connectivity index (χ3n) is 2.30. The van der Waals surface area contributed by atoms with Crippen molar-refractivity contribution in [1.29, 1.82) is 0 Å². The Kier molecular flexibility index (Phi) is 2.57.